The molecule has 0 aliphatic heterocycles. The Morgan fingerprint density at radius 1 is 1.32 bits per heavy atom. The Morgan fingerprint density at radius 3 is 2.64 bits per heavy atom. The van der Waals surface area contributed by atoms with Gasteiger partial charge < -0.3 is 20.7 Å². The number of urea groups is 1. The van der Waals surface area contributed by atoms with Gasteiger partial charge in [-0.25, -0.2) is 4.79 Å². The van der Waals surface area contributed by atoms with Crippen molar-refractivity contribution in [1.82, 2.24) is 10.6 Å². The molecule has 6 heteroatoms. The van der Waals surface area contributed by atoms with E-state index in [1.807, 2.05) is 20.8 Å². The Kier molecular flexibility index (Phi) is 7.39. The summed E-state index contributed by atoms with van der Waals surface area (Å²) in [5.74, 6) is -0.103. The maximum absolute atomic E-state index is 12.0. The van der Waals surface area contributed by atoms with Crippen molar-refractivity contribution in [2.45, 2.75) is 33.2 Å². The Balaban J connectivity index is 2.65. The second kappa shape index (κ2) is 9.04. The number of amides is 3. The number of anilines is 1. The second-order valence-electron chi connectivity index (χ2n) is 5.19. The van der Waals surface area contributed by atoms with Gasteiger partial charge in [0.1, 0.15) is 0 Å². The molecule has 1 unspecified atom stereocenters. The summed E-state index contributed by atoms with van der Waals surface area (Å²) in [7, 11) is 1.58. The molecule has 3 N–H and O–H groups in total. The number of carbonyl (C=O) groups excluding carboxylic acids is 2. The lowest BCUT2D eigenvalue weighted by Crippen LogP contribution is -2.32. The second-order valence-corrected chi connectivity index (χ2v) is 5.19. The molecule has 0 bridgehead atoms. The molecule has 0 aromatic heterocycles. The molecule has 1 rings (SSSR count). The van der Waals surface area contributed by atoms with E-state index in [1.165, 1.54) is 0 Å². The van der Waals surface area contributed by atoms with E-state index >= 15 is 0 Å². The smallest absolute Gasteiger partial charge is 0.319 e. The molecular formula is C16H25N3O3. The summed E-state index contributed by atoms with van der Waals surface area (Å²) >= 11 is 0. The zero-order chi connectivity index (χ0) is 16.5. The third-order valence-corrected chi connectivity index (χ3v) is 3.32. The molecule has 6 nitrogen and oxygen atoms in total. The minimum atomic E-state index is -0.294. The van der Waals surface area contributed by atoms with Crippen molar-refractivity contribution in [3.8, 4) is 0 Å². The summed E-state index contributed by atoms with van der Waals surface area (Å²) in [5.41, 5.74) is 2.09. The van der Waals surface area contributed by atoms with Crippen LogP contribution < -0.4 is 16.0 Å². The summed E-state index contributed by atoms with van der Waals surface area (Å²) < 4.78 is 4.86. The first-order valence-electron chi connectivity index (χ1n) is 7.43. The fraction of sp³-hybridized carbons (Fsp3) is 0.500. The Labute approximate surface area is 131 Å². The van der Waals surface area contributed by atoms with Crippen LogP contribution in [0.15, 0.2) is 18.2 Å². The molecule has 22 heavy (non-hydrogen) atoms. The third-order valence-electron chi connectivity index (χ3n) is 3.32. The molecule has 0 saturated heterocycles. The van der Waals surface area contributed by atoms with Crippen molar-refractivity contribution >= 4 is 17.6 Å². The maximum atomic E-state index is 12.0. The van der Waals surface area contributed by atoms with Crippen LogP contribution in [0.1, 0.15) is 36.2 Å². The first-order chi connectivity index (χ1) is 10.5. The lowest BCUT2D eigenvalue weighted by atomic mass is 10.1. The van der Waals surface area contributed by atoms with E-state index < -0.39 is 0 Å². The summed E-state index contributed by atoms with van der Waals surface area (Å²) in [5, 5.41) is 8.34. The van der Waals surface area contributed by atoms with E-state index in [4.69, 9.17) is 4.74 Å². The van der Waals surface area contributed by atoms with Crippen molar-refractivity contribution in [3.63, 3.8) is 0 Å². The van der Waals surface area contributed by atoms with Gasteiger partial charge >= 0.3 is 6.03 Å². The minimum absolute atomic E-state index is 0.103. The average molecular weight is 307 g/mol. The molecule has 1 aromatic carbocycles. The molecule has 0 spiro atoms. The number of rotatable bonds is 7. The van der Waals surface area contributed by atoms with Gasteiger partial charge in [-0.15, -0.1) is 0 Å². The summed E-state index contributed by atoms with van der Waals surface area (Å²) in [6.07, 6.45) is 0.881. The standard InChI is InChI=1S/C16H25N3O3/c1-5-12(3)18-15(20)13-6-7-14(11(2)10-13)19-16(21)17-8-9-22-4/h6-7,10,12H,5,8-9H2,1-4H3,(H,18,20)(H2,17,19,21). The van der Waals surface area contributed by atoms with Crippen molar-refractivity contribution in [2.24, 2.45) is 0 Å². The monoisotopic (exact) mass is 307 g/mol. The Bertz CT molecular complexity index is 517. The van der Waals surface area contributed by atoms with Gasteiger partial charge in [0, 0.05) is 30.9 Å². The van der Waals surface area contributed by atoms with Gasteiger partial charge in [0.2, 0.25) is 0 Å². The molecule has 122 valence electrons. The lowest BCUT2D eigenvalue weighted by Gasteiger charge is -2.13. The molecule has 1 atom stereocenters. The SMILES string of the molecule is CCC(C)NC(=O)c1ccc(NC(=O)NCCOC)c(C)c1. The summed E-state index contributed by atoms with van der Waals surface area (Å²) in [6, 6.07) is 5.04. The Hall–Kier alpha value is -2.08. The topological polar surface area (TPSA) is 79.5 Å². The van der Waals surface area contributed by atoms with Crippen molar-refractivity contribution < 1.29 is 14.3 Å². The number of aryl methyl sites for hydroxylation is 1. The van der Waals surface area contributed by atoms with E-state index in [2.05, 4.69) is 16.0 Å². The lowest BCUT2D eigenvalue weighted by molar-refractivity contribution is 0.0939. The van der Waals surface area contributed by atoms with Crippen LogP contribution in [-0.2, 0) is 4.74 Å². The quantitative estimate of drug-likeness (QED) is 0.676. The van der Waals surface area contributed by atoms with Crippen LogP contribution in [0.2, 0.25) is 0 Å². The molecule has 0 heterocycles. The van der Waals surface area contributed by atoms with Gasteiger partial charge in [0.15, 0.2) is 0 Å². The van der Waals surface area contributed by atoms with Crippen molar-refractivity contribution in [3.05, 3.63) is 29.3 Å². The number of methoxy groups -OCH3 is 1. The largest absolute Gasteiger partial charge is 0.383 e. The predicted octanol–water partition coefficient (Wildman–Crippen LogP) is 2.29. The van der Waals surface area contributed by atoms with Crippen LogP contribution in [0.3, 0.4) is 0 Å². The van der Waals surface area contributed by atoms with E-state index in [0.717, 1.165) is 12.0 Å². The zero-order valence-electron chi connectivity index (χ0n) is 13.7. The first-order valence-corrected chi connectivity index (χ1v) is 7.43. The highest BCUT2D eigenvalue weighted by Crippen LogP contribution is 2.16. The average Bonchev–Trinajstić information content (AvgIpc) is 2.49. The fourth-order valence-corrected chi connectivity index (χ4v) is 1.79. The third kappa shape index (κ3) is 5.73. The van der Waals surface area contributed by atoms with Gasteiger partial charge in [-0.05, 0) is 44.0 Å². The normalized spacial score (nSPS) is 11.6. The number of carbonyl (C=O) groups is 2. The molecule has 3 amide bonds. The number of ether oxygens (including phenoxy) is 1. The van der Waals surface area contributed by atoms with Gasteiger partial charge in [-0.3, -0.25) is 4.79 Å². The van der Waals surface area contributed by atoms with E-state index in [-0.39, 0.29) is 18.0 Å². The van der Waals surface area contributed by atoms with Crippen LogP contribution in [0, 0.1) is 6.92 Å². The summed E-state index contributed by atoms with van der Waals surface area (Å²) in [6.45, 7) is 6.74. The maximum Gasteiger partial charge on any atom is 0.319 e. The highest BCUT2D eigenvalue weighted by Gasteiger charge is 2.11. The van der Waals surface area contributed by atoms with Crippen LogP contribution in [0.5, 0.6) is 0 Å². The van der Waals surface area contributed by atoms with Crippen LogP contribution >= 0.6 is 0 Å². The number of hydrogen-bond acceptors (Lipinski definition) is 3. The van der Waals surface area contributed by atoms with E-state index in [1.54, 1.807) is 25.3 Å². The molecule has 0 radical (unpaired) electrons. The van der Waals surface area contributed by atoms with Gasteiger partial charge in [-0.1, -0.05) is 6.92 Å². The molecule has 0 aliphatic rings. The molecule has 1 aromatic rings. The molecule has 0 fully saturated rings. The predicted molar refractivity (Wildman–Crippen MR) is 87.3 cm³/mol. The van der Waals surface area contributed by atoms with E-state index in [0.29, 0.717) is 24.4 Å². The minimum Gasteiger partial charge on any atom is -0.383 e. The number of nitrogens with one attached hydrogen (secondary N) is 3. The summed E-state index contributed by atoms with van der Waals surface area (Å²) in [4.78, 5) is 23.7. The number of hydrogen-bond donors (Lipinski definition) is 3. The molecular weight excluding hydrogens is 282 g/mol. The highest BCUT2D eigenvalue weighted by atomic mass is 16.5. The van der Waals surface area contributed by atoms with Crippen LogP contribution in [-0.4, -0.2) is 38.2 Å². The zero-order valence-corrected chi connectivity index (χ0v) is 13.7. The van der Waals surface area contributed by atoms with Crippen LogP contribution in [0.4, 0.5) is 10.5 Å². The molecule has 0 saturated carbocycles. The van der Waals surface area contributed by atoms with Crippen LogP contribution in [0.25, 0.3) is 0 Å². The van der Waals surface area contributed by atoms with Gasteiger partial charge in [0.05, 0.1) is 6.61 Å². The Morgan fingerprint density at radius 2 is 2.05 bits per heavy atom. The molecule has 0 aliphatic carbocycles. The van der Waals surface area contributed by atoms with Crippen molar-refractivity contribution in [1.29, 1.82) is 0 Å². The highest BCUT2D eigenvalue weighted by molar-refractivity contribution is 5.96. The van der Waals surface area contributed by atoms with Gasteiger partial charge in [-0.2, -0.15) is 0 Å². The fourth-order valence-electron chi connectivity index (χ4n) is 1.79. The van der Waals surface area contributed by atoms with Gasteiger partial charge in [0.25, 0.3) is 5.91 Å². The van der Waals surface area contributed by atoms with E-state index in [9.17, 15) is 9.59 Å². The number of benzene rings is 1. The van der Waals surface area contributed by atoms with Crippen molar-refractivity contribution in [2.75, 3.05) is 25.6 Å². The first kappa shape index (κ1) is 18.0.